The Morgan fingerprint density at radius 1 is 1.10 bits per heavy atom. The fourth-order valence-corrected chi connectivity index (χ4v) is 2.06. The first-order valence-electron chi connectivity index (χ1n) is 7.25. The van der Waals surface area contributed by atoms with Crippen molar-refractivity contribution in [2.45, 2.75) is 32.3 Å². The SMILES string of the molecule is CC(O)CCCC=Cc1ccc(-c2ccc(O)cc2)cn1. The fourth-order valence-electron chi connectivity index (χ4n) is 2.06. The number of hydrogen-bond donors (Lipinski definition) is 2. The van der Waals surface area contributed by atoms with Gasteiger partial charge in [-0.25, -0.2) is 0 Å². The molecular formula is C18H21NO2. The number of nitrogens with zero attached hydrogens (tertiary/aromatic N) is 1. The molecule has 0 bridgehead atoms. The van der Waals surface area contributed by atoms with Gasteiger partial charge in [-0.15, -0.1) is 0 Å². The first-order valence-corrected chi connectivity index (χ1v) is 7.25. The summed E-state index contributed by atoms with van der Waals surface area (Å²) in [6.45, 7) is 1.81. The van der Waals surface area contributed by atoms with Crippen LogP contribution in [0.15, 0.2) is 48.7 Å². The number of phenolic OH excluding ortho intramolecular Hbond substituents is 1. The van der Waals surface area contributed by atoms with Crippen LogP contribution in [0.2, 0.25) is 0 Å². The van der Waals surface area contributed by atoms with Crippen LogP contribution >= 0.6 is 0 Å². The normalized spacial score (nSPS) is 12.7. The summed E-state index contributed by atoms with van der Waals surface area (Å²) >= 11 is 0. The molecule has 0 saturated heterocycles. The average Bonchev–Trinajstić information content (AvgIpc) is 2.48. The summed E-state index contributed by atoms with van der Waals surface area (Å²) in [6.07, 6.45) is 8.47. The van der Waals surface area contributed by atoms with Crippen LogP contribution in [0.5, 0.6) is 5.75 Å². The van der Waals surface area contributed by atoms with E-state index < -0.39 is 0 Å². The number of benzene rings is 1. The van der Waals surface area contributed by atoms with Gasteiger partial charge >= 0.3 is 0 Å². The third kappa shape index (κ3) is 5.04. The Morgan fingerprint density at radius 2 is 1.81 bits per heavy atom. The summed E-state index contributed by atoms with van der Waals surface area (Å²) in [5.74, 6) is 0.267. The molecule has 1 aromatic heterocycles. The zero-order valence-corrected chi connectivity index (χ0v) is 12.2. The molecule has 0 saturated carbocycles. The quantitative estimate of drug-likeness (QED) is 0.787. The van der Waals surface area contributed by atoms with Gasteiger partial charge in [0.2, 0.25) is 0 Å². The summed E-state index contributed by atoms with van der Waals surface area (Å²) in [7, 11) is 0. The molecule has 1 aromatic carbocycles. The molecule has 0 radical (unpaired) electrons. The maximum Gasteiger partial charge on any atom is 0.115 e. The molecule has 0 amide bonds. The van der Waals surface area contributed by atoms with Crippen molar-refractivity contribution >= 4 is 6.08 Å². The third-order valence-electron chi connectivity index (χ3n) is 3.27. The monoisotopic (exact) mass is 283 g/mol. The van der Waals surface area contributed by atoms with Crippen LogP contribution in [0.25, 0.3) is 17.2 Å². The van der Waals surface area contributed by atoms with E-state index in [1.54, 1.807) is 12.1 Å². The minimum Gasteiger partial charge on any atom is -0.508 e. The average molecular weight is 283 g/mol. The predicted molar refractivity (Wildman–Crippen MR) is 85.9 cm³/mol. The van der Waals surface area contributed by atoms with E-state index in [0.717, 1.165) is 36.1 Å². The van der Waals surface area contributed by atoms with Crippen LogP contribution in [0.1, 0.15) is 31.9 Å². The second-order valence-corrected chi connectivity index (χ2v) is 5.20. The molecule has 3 heteroatoms. The summed E-state index contributed by atoms with van der Waals surface area (Å²) in [5.41, 5.74) is 2.99. The maximum atomic E-state index is 9.28. The number of unbranched alkanes of at least 4 members (excludes halogenated alkanes) is 1. The summed E-state index contributed by atoms with van der Waals surface area (Å²) in [6, 6.07) is 11.1. The number of aliphatic hydroxyl groups is 1. The summed E-state index contributed by atoms with van der Waals surface area (Å²) < 4.78 is 0. The Bertz CT molecular complexity index is 571. The lowest BCUT2D eigenvalue weighted by atomic mass is 10.1. The fraction of sp³-hybridized carbons (Fsp3) is 0.278. The standard InChI is InChI=1S/C18H21NO2/c1-14(20)5-3-2-4-6-17-10-7-16(13-19-17)15-8-11-18(21)12-9-15/h4,6-14,20-21H,2-3,5H2,1H3. The van der Waals surface area contributed by atoms with Gasteiger partial charge in [0, 0.05) is 11.8 Å². The van der Waals surface area contributed by atoms with Gasteiger partial charge in [0.1, 0.15) is 5.75 Å². The number of hydrogen-bond acceptors (Lipinski definition) is 3. The number of allylic oxidation sites excluding steroid dienone is 1. The smallest absolute Gasteiger partial charge is 0.115 e. The second-order valence-electron chi connectivity index (χ2n) is 5.20. The lowest BCUT2D eigenvalue weighted by molar-refractivity contribution is 0.182. The summed E-state index contributed by atoms with van der Waals surface area (Å²) in [5, 5.41) is 18.5. The van der Waals surface area contributed by atoms with Crippen molar-refractivity contribution in [1.82, 2.24) is 4.98 Å². The minimum absolute atomic E-state index is 0.221. The van der Waals surface area contributed by atoms with Crippen LogP contribution in [0.4, 0.5) is 0 Å². The van der Waals surface area contributed by atoms with Crippen molar-refractivity contribution in [3.63, 3.8) is 0 Å². The molecule has 0 spiro atoms. The molecule has 3 nitrogen and oxygen atoms in total. The van der Waals surface area contributed by atoms with E-state index in [2.05, 4.69) is 11.1 Å². The van der Waals surface area contributed by atoms with Crippen molar-refractivity contribution in [3.05, 3.63) is 54.4 Å². The van der Waals surface area contributed by atoms with Gasteiger partial charge in [0.05, 0.1) is 11.8 Å². The van der Waals surface area contributed by atoms with Gasteiger partial charge in [-0.3, -0.25) is 4.98 Å². The van der Waals surface area contributed by atoms with Crippen LogP contribution in [0.3, 0.4) is 0 Å². The van der Waals surface area contributed by atoms with Crippen molar-refractivity contribution in [2.75, 3.05) is 0 Å². The maximum absolute atomic E-state index is 9.28. The molecule has 0 aliphatic heterocycles. The number of phenols is 1. The Balaban J connectivity index is 1.92. The molecule has 2 N–H and O–H groups in total. The van der Waals surface area contributed by atoms with Crippen molar-refractivity contribution in [3.8, 4) is 16.9 Å². The zero-order valence-electron chi connectivity index (χ0n) is 12.2. The van der Waals surface area contributed by atoms with E-state index in [1.807, 2.05) is 43.5 Å². The second kappa shape index (κ2) is 7.60. The molecule has 0 aliphatic rings. The van der Waals surface area contributed by atoms with Gasteiger partial charge in [0.15, 0.2) is 0 Å². The highest BCUT2D eigenvalue weighted by atomic mass is 16.3. The van der Waals surface area contributed by atoms with Crippen molar-refractivity contribution < 1.29 is 10.2 Å². The largest absolute Gasteiger partial charge is 0.508 e. The van der Waals surface area contributed by atoms with Crippen LogP contribution in [0, 0.1) is 0 Å². The minimum atomic E-state index is -0.221. The Labute approximate surface area is 125 Å². The highest BCUT2D eigenvalue weighted by Gasteiger charge is 1.98. The molecule has 2 aromatic rings. The first kappa shape index (κ1) is 15.3. The molecule has 2 rings (SSSR count). The summed E-state index contributed by atoms with van der Waals surface area (Å²) in [4.78, 5) is 4.41. The number of aliphatic hydroxyl groups excluding tert-OH is 1. The van der Waals surface area contributed by atoms with E-state index in [9.17, 15) is 10.2 Å². The topological polar surface area (TPSA) is 53.4 Å². The highest BCUT2D eigenvalue weighted by molar-refractivity contribution is 5.64. The zero-order chi connectivity index (χ0) is 15.1. The van der Waals surface area contributed by atoms with Gasteiger partial charge in [-0.2, -0.15) is 0 Å². The first-order chi connectivity index (χ1) is 10.1. The number of aromatic nitrogens is 1. The highest BCUT2D eigenvalue weighted by Crippen LogP contribution is 2.21. The Hall–Kier alpha value is -2.13. The Kier molecular flexibility index (Phi) is 5.52. The van der Waals surface area contributed by atoms with Crippen LogP contribution in [-0.4, -0.2) is 21.3 Å². The van der Waals surface area contributed by atoms with Crippen molar-refractivity contribution in [2.24, 2.45) is 0 Å². The van der Waals surface area contributed by atoms with E-state index in [0.29, 0.717) is 0 Å². The predicted octanol–water partition coefficient (Wildman–Crippen LogP) is 4.02. The lowest BCUT2D eigenvalue weighted by Crippen LogP contribution is -1.97. The molecule has 110 valence electrons. The molecule has 0 fully saturated rings. The number of rotatable bonds is 6. The van der Waals surface area contributed by atoms with Gasteiger partial charge in [-0.05, 0) is 56.0 Å². The molecule has 1 heterocycles. The van der Waals surface area contributed by atoms with Crippen LogP contribution in [-0.2, 0) is 0 Å². The molecular weight excluding hydrogens is 262 g/mol. The van der Waals surface area contributed by atoms with E-state index in [1.165, 1.54) is 0 Å². The molecule has 1 atom stereocenters. The van der Waals surface area contributed by atoms with Gasteiger partial charge in [0.25, 0.3) is 0 Å². The molecule has 1 unspecified atom stereocenters. The van der Waals surface area contributed by atoms with Crippen molar-refractivity contribution in [1.29, 1.82) is 0 Å². The van der Waals surface area contributed by atoms with Crippen LogP contribution < -0.4 is 0 Å². The molecule has 0 aliphatic carbocycles. The van der Waals surface area contributed by atoms with E-state index >= 15 is 0 Å². The van der Waals surface area contributed by atoms with Gasteiger partial charge in [-0.1, -0.05) is 24.3 Å². The third-order valence-corrected chi connectivity index (χ3v) is 3.27. The number of aromatic hydroxyl groups is 1. The lowest BCUT2D eigenvalue weighted by Gasteiger charge is -2.02. The van der Waals surface area contributed by atoms with E-state index in [4.69, 9.17) is 0 Å². The molecule has 21 heavy (non-hydrogen) atoms. The van der Waals surface area contributed by atoms with Gasteiger partial charge < -0.3 is 10.2 Å². The number of pyridine rings is 1. The van der Waals surface area contributed by atoms with E-state index in [-0.39, 0.29) is 11.9 Å². The Morgan fingerprint density at radius 3 is 2.43 bits per heavy atom.